The molecule has 96 valence electrons. The minimum atomic E-state index is -3.87. The second-order valence-corrected chi connectivity index (χ2v) is 5.41. The summed E-state index contributed by atoms with van der Waals surface area (Å²) >= 11 is 5.78. The highest BCUT2D eigenvalue weighted by Gasteiger charge is 2.17. The van der Waals surface area contributed by atoms with Gasteiger partial charge in [0, 0.05) is 0 Å². The van der Waals surface area contributed by atoms with E-state index in [-0.39, 0.29) is 21.4 Å². The summed E-state index contributed by atoms with van der Waals surface area (Å²) in [7, 11) is -3.87. The van der Waals surface area contributed by atoms with E-state index in [4.69, 9.17) is 16.9 Å². The summed E-state index contributed by atoms with van der Waals surface area (Å²) in [5.74, 6) is -0.150. The summed E-state index contributed by atoms with van der Waals surface area (Å²) in [6.07, 6.45) is 2.62. The smallest absolute Gasteiger partial charge is 0.246 e. The van der Waals surface area contributed by atoms with Crippen molar-refractivity contribution in [3.8, 4) is 6.07 Å². The molecule has 0 spiro atoms. The predicted molar refractivity (Wildman–Crippen MR) is 66.8 cm³/mol. The lowest BCUT2D eigenvalue weighted by atomic mass is 10.2. The van der Waals surface area contributed by atoms with Crippen molar-refractivity contribution in [2.45, 2.75) is 4.90 Å². The molecule has 1 heterocycles. The van der Waals surface area contributed by atoms with E-state index in [1.807, 2.05) is 6.07 Å². The van der Waals surface area contributed by atoms with Gasteiger partial charge in [0.25, 0.3) is 16.0 Å². The first-order chi connectivity index (χ1) is 9.03. The third kappa shape index (κ3) is 2.96. The third-order valence-corrected chi connectivity index (χ3v) is 3.72. The molecular formula is C10H6ClN5O2S. The number of nitrogens with zero attached hydrogens (tertiary/aromatic N) is 4. The second-order valence-electron chi connectivity index (χ2n) is 3.33. The van der Waals surface area contributed by atoms with Crippen molar-refractivity contribution in [3.05, 3.63) is 41.2 Å². The van der Waals surface area contributed by atoms with Gasteiger partial charge in [0.05, 0.1) is 27.9 Å². The van der Waals surface area contributed by atoms with Crippen LogP contribution in [0.15, 0.2) is 35.5 Å². The van der Waals surface area contributed by atoms with Gasteiger partial charge in [0.1, 0.15) is 6.07 Å². The van der Waals surface area contributed by atoms with Gasteiger partial charge in [-0.3, -0.25) is 0 Å². The molecule has 0 aliphatic heterocycles. The van der Waals surface area contributed by atoms with E-state index in [0.29, 0.717) is 0 Å². The minimum Gasteiger partial charge on any atom is -0.246 e. The molecule has 19 heavy (non-hydrogen) atoms. The fourth-order valence-electron chi connectivity index (χ4n) is 1.23. The molecule has 0 amide bonds. The van der Waals surface area contributed by atoms with Crippen molar-refractivity contribution in [2.24, 2.45) is 0 Å². The number of hydrogen-bond donors (Lipinski definition) is 1. The van der Waals surface area contributed by atoms with Gasteiger partial charge in [-0.15, -0.1) is 5.10 Å². The van der Waals surface area contributed by atoms with Gasteiger partial charge in [-0.1, -0.05) is 11.6 Å². The maximum absolute atomic E-state index is 12.0. The quantitative estimate of drug-likeness (QED) is 0.911. The van der Waals surface area contributed by atoms with Crippen LogP contribution in [-0.2, 0) is 10.0 Å². The van der Waals surface area contributed by atoms with Crippen LogP contribution in [0, 0.1) is 11.3 Å². The zero-order valence-corrected chi connectivity index (χ0v) is 10.9. The van der Waals surface area contributed by atoms with Crippen molar-refractivity contribution in [1.29, 1.82) is 5.26 Å². The standard InChI is InChI=1S/C10H6ClN5O2S/c11-9-5-8(2-1-7(9)6-12)19(17,18)16-10-13-3-4-14-15-10/h1-5H,(H,13,15,16). The Morgan fingerprint density at radius 2 is 2.11 bits per heavy atom. The van der Waals surface area contributed by atoms with Crippen molar-refractivity contribution in [3.63, 3.8) is 0 Å². The molecule has 2 aromatic rings. The number of aromatic nitrogens is 3. The molecular weight excluding hydrogens is 290 g/mol. The van der Waals surface area contributed by atoms with E-state index < -0.39 is 10.0 Å². The Morgan fingerprint density at radius 1 is 1.32 bits per heavy atom. The van der Waals surface area contributed by atoms with E-state index in [9.17, 15) is 8.42 Å². The highest BCUT2D eigenvalue weighted by Crippen LogP contribution is 2.21. The predicted octanol–water partition coefficient (Wildman–Crippen LogP) is 1.20. The number of sulfonamides is 1. The average Bonchev–Trinajstić information content (AvgIpc) is 2.39. The summed E-state index contributed by atoms with van der Waals surface area (Å²) in [5, 5.41) is 15.8. The Kier molecular flexibility index (Phi) is 3.59. The zero-order valence-electron chi connectivity index (χ0n) is 9.28. The molecule has 0 bridgehead atoms. The number of anilines is 1. The molecule has 9 heteroatoms. The van der Waals surface area contributed by atoms with E-state index >= 15 is 0 Å². The number of rotatable bonds is 3. The topological polar surface area (TPSA) is 109 Å². The fraction of sp³-hybridized carbons (Fsp3) is 0. The maximum Gasteiger partial charge on any atom is 0.264 e. The Balaban J connectivity index is 2.36. The van der Waals surface area contributed by atoms with Gasteiger partial charge in [-0.05, 0) is 18.2 Å². The Labute approximate surface area is 113 Å². The largest absolute Gasteiger partial charge is 0.264 e. The van der Waals surface area contributed by atoms with Crippen LogP contribution in [0.3, 0.4) is 0 Å². The number of nitriles is 1. The summed E-state index contributed by atoms with van der Waals surface area (Å²) in [6, 6.07) is 5.61. The number of benzene rings is 1. The molecule has 0 saturated heterocycles. The highest BCUT2D eigenvalue weighted by molar-refractivity contribution is 7.92. The third-order valence-electron chi connectivity index (χ3n) is 2.08. The van der Waals surface area contributed by atoms with Crippen LogP contribution in [-0.4, -0.2) is 23.6 Å². The first-order valence-electron chi connectivity index (χ1n) is 4.89. The number of halogens is 1. The van der Waals surface area contributed by atoms with E-state index in [0.717, 1.165) is 0 Å². The van der Waals surface area contributed by atoms with E-state index in [1.54, 1.807) is 0 Å². The van der Waals surface area contributed by atoms with Crippen LogP contribution in [0.4, 0.5) is 5.95 Å². The van der Waals surface area contributed by atoms with Crippen LogP contribution < -0.4 is 4.72 Å². The minimum absolute atomic E-state index is 0.0532. The Bertz CT molecular complexity index is 742. The second kappa shape index (κ2) is 5.17. The van der Waals surface area contributed by atoms with Crippen molar-refractivity contribution in [1.82, 2.24) is 15.2 Å². The molecule has 0 aliphatic carbocycles. The lowest BCUT2D eigenvalue weighted by Crippen LogP contribution is -2.15. The normalized spacial score (nSPS) is 10.7. The average molecular weight is 296 g/mol. The number of hydrogen-bond acceptors (Lipinski definition) is 6. The molecule has 0 radical (unpaired) electrons. The SMILES string of the molecule is N#Cc1ccc(S(=O)(=O)Nc2nccnn2)cc1Cl. The van der Waals surface area contributed by atoms with Gasteiger partial charge < -0.3 is 0 Å². The lowest BCUT2D eigenvalue weighted by molar-refractivity contribution is 0.600. The summed E-state index contributed by atoms with van der Waals surface area (Å²) in [6.45, 7) is 0. The summed E-state index contributed by atoms with van der Waals surface area (Å²) < 4.78 is 26.1. The fourth-order valence-corrected chi connectivity index (χ4v) is 2.49. The highest BCUT2D eigenvalue weighted by atomic mass is 35.5. The zero-order chi connectivity index (χ0) is 13.9. The van der Waals surface area contributed by atoms with Crippen molar-refractivity contribution >= 4 is 27.6 Å². The van der Waals surface area contributed by atoms with Crippen molar-refractivity contribution < 1.29 is 8.42 Å². The molecule has 0 fully saturated rings. The van der Waals surface area contributed by atoms with Crippen LogP contribution in [0.5, 0.6) is 0 Å². The summed E-state index contributed by atoms with van der Waals surface area (Å²) in [4.78, 5) is 3.60. The molecule has 0 unspecified atom stereocenters. The van der Waals surface area contributed by atoms with Crippen LogP contribution in [0.2, 0.25) is 5.02 Å². The lowest BCUT2D eigenvalue weighted by Gasteiger charge is -2.06. The van der Waals surface area contributed by atoms with Gasteiger partial charge in [-0.25, -0.2) is 18.1 Å². The monoisotopic (exact) mass is 295 g/mol. The maximum atomic E-state index is 12.0. The first-order valence-corrected chi connectivity index (χ1v) is 6.75. The van der Waals surface area contributed by atoms with Crippen LogP contribution >= 0.6 is 11.6 Å². The molecule has 1 aromatic heterocycles. The van der Waals surface area contributed by atoms with Gasteiger partial charge in [0.2, 0.25) is 0 Å². The summed E-state index contributed by atoms with van der Waals surface area (Å²) in [5.41, 5.74) is 0.193. The first kappa shape index (κ1) is 13.2. The molecule has 0 aliphatic rings. The van der Waals surface area contributed by atoms with E-state index in [2.05, 4.69) is 19.9 Å². The molecule has 1 aromatic carbocycles. The van der Waals surface area contributed by atoms with Crippen LogP contribution in [0.1, 0.15) is 5.56 Å². The molecule has 0 saturated carbocycles. The molecule has 0 atom stereocenters. The van der Waals surface area contributed by atoms with Crippen molar-refractivity contribution in [2.75, 3.05) is 4.72 Å². The van der Waals surface area contributed by atoms with Crippen LogP contribution in [0.25, 0.3) is 0 Å². The Morgan fingerprint density at radius 3 is 2.68 bits per heavy atom. The number of nitrogens with one attached hydrogen (secondary N) is 1. The van der Waals surface area contributed by atoms with Gasteiger partial charge >= 0.3 is 0 Å². The van der Waals surface area contributed by atoms with Gasteiger partial charge in [-0.2, -0.15) is 10.4 Å². The molecule has 1 N–H and O–H groups in total. The van der Waals surface area contributed by atoms with Gasteiger partial charge in [0.15, 0.2) is 0 Å². The van der Waals surface area contributed by atoms with E-state index in [1.165, 1.54) is 30.6 Å². The molecule has 2 rings (SSSR count). The molecule has 7 nitrogen and oxygen atoms in total. The Hall–Kier alpha value is -2.24.